The largest absolute Gasteiger partial charge is 0.465 e. The number of hydrogen-bond donors (Lipinski definition) is 0. The van der Waals surface area contributed by atoms with Gasteiger partial charge >= 0.3 is 5.97 Å². The van der Waals surface area contributed by atoms with Gasteiger partial charge in [0.25, 0.3) is 0 Å². The third-order valence-electron chi connectivity index (χ3n) is 1.89. The molecule has 0 aromatic carbocycles. The van der Waals surface area contributed by atoms with Gasteiger partial charge in [-0.15, -0.1) is 0 Å². The molecule has 1 atom stereocenters. The molecule has 0 N–H and O–H groups in total. The zero-order valence-electron chi connectivity index (χ0n) is 8.20. The average Bonchev–Trinajstić information content (AvgIpc) is 2.67. The highest BCUT2D eigenvalue weighted by atomic mass is 127. The minimum atomic E-state index is -0.147. The molecular formula is C9H15IO4. The summed E-state index contributed by atoms with van der Waals surface area (Å²) in [4.78, 5) is 11.2. The van der Waals surface area contributed by atoms with Crippen LogP contribution in [-0.4, -0.2) is 36.0 Å². The SMILES string of the molecule is CCOC(=O)C(I)CCC1OCCO1. The Labute approximate surface area is 97.4 Å². The summed E-state index contributed by atoms with van der Waals surface area (Å²) in [7, 11) is 0. The van der Waals surface area contributed by atoms with Gasteiger partial charge in [-0.3, -0.25) is 4.79 Å². The molecule has 0 spiro atoms. The molecule has 0 aliphatic carbocycles. The van der Waals surface area contributed by atoms with Gasteiger partial charge in [0.1, 0.15) is 3.92 Å². The molecular weight excluding hydrogens is 299 g/mol. The Kier molecular flexibility index (Phi) is 5.73. The molecule has 1 heterocycles. The lowest BCUT2D eigenvalue weighted by Gasteiger charge is -2.11. The van der Waals surface area contributed by atoms with E-state index in [9.17, 15) is 4.79 Å². The molecule has 82 valence electrons. The van der Waals surface area contributed by atoms with E-state index in [1.54, 1.807) is 0 Å². The van der Waals surface area contributed by atoms with E-state index in [0.29, 0.717) is 19.8 Å². The van der Waals surface area contributed by atoms with Gasteiger partial charge < -0.3 is 14.2 Å². The third kappa shape index (κ3) is 4.10. The molecule has 1 rings (SSSR count). The number of esters is 1. The zero-order valence-corrected chi connectivity index (χ0v) is 10.4. The van der Waals surface area contributed by atoms with Crippen LogP contribution in [0.5, 0.6) is 0 Å². The second-order valence-electron chi connectivity index (χ2n) is 2.97. The first-order valence-corrected chi connectivity index (χ1v) is 6.02. The van der Waals surface area contributed by atoms with Gasteiger partial charge in [-0.2, -0.15) is 0 Å². The van der Waals surface area contributed by atoms with Gasteiger partial charge in [-0.05, 0) is 19.8 Å². The summed E-state index contributed by atoms with van der Waals surface area (Å²) < 4.78 is 15.3. The molecule has 1 unspecified atom stereocenters. The van der Waals surface area contributed by atoms with Gasteiger partial charge in [0.2, 0.25) is 0 Å². The Balaban J connectivity index is 2.13. The molecule has 0 amide bonds. The fraction of sp³-hybridized carbons (Fsp3) is 0.889. The Bertz CT molecular complexity index is 180. The highest BCUT2D eigenvalue weighted by Crippen LogP contribution is 2.16. The first-order chi connectivity index (χ1) is 6.74. The summed E-state index contributed by atoms with van der Waals surface area (Å²) in [6.07, 6.45) is 1.37. The van der Waals surface area contributed by atoms with Gasteiger partial charge in [-0.25, -0.2) is 0 Å². The van der Waals surface area contributed by atoms with E-state index in [-0.39, 0.29) is 16.2 Å². The monoisotopic (exact) mass is 314 g/mol. The van der Waals surface area contributed by atoms with Gasteiger partial charge in [0, 0.05) is 0 Å². The van der Waals surface area contributed by atoms with E-state index in [0.717, 1.165) is 12.8 Å². The first kappa shape index (κ1) is 12.2. The van der Waals surface area contributed by atoms with Crippen molar-refractivity contribution in [1.82, 2.24) is 0 Å². The molecule has 0 bridgehead atoms. The molecule has 0 aromatic rings. The van der Waals surface area contributed by atoms with E-state index >= 15 is 0 Å². The molecule has 5 heteroatoms. The van der Waals surface area contributed by atoms with Gasteiger partial charge in [0.15, 0.2) is 6.29 Å². The predicted molar refractivity (Wildman–Crippen MR) is 59.4 cm³/mol. The van der Waals surface area contributed by atoms with Crippen LogP contribution >= 0.6 is 22.6 Å². The van der Waals surface area contributed by atoms with Crippen LogP contribution in [0, 0.1) is 0 Å². The third-order valence-corrected chi connectivity index (χ3v) is 3.02. The van der Waals surface area contributed by atoms with Crippen LogP contribution in [-0.2, 0) is 19.0 Å². The van der Waals surface area contributed by atoms with Gasteiger partial charge in [-0.1, -0.05) is 22.6 Å². The van der Waals surface area contributed by atoms with E-state index in [2.05, 4.69) is 22.6 Å². The molecule has 0 radical (unpaired) electrons. The topological polar surface area (TPSA) is 44.8 Å². The Morgan fingerprint density at radius 3 is 2.79 bits per heavy atom. The van der Waals surface area contributed by atoms with Crippen molar-refractivity contribution in [2.75, 3.05) is 19.8 Å². The lowest BCUT2D eigenvalue weighted by Crippen LogP contribution is -2.19. The maximum absolute atomic E-state index is 11.2. The van der Waals surface area contributed by atoms with Crippen LogP contribution in [0.25, 0.3) is 0 Å². The lowest BCUT2D eigenvalue weighted by atomic mass is 10.2. The molecule has 1 fully saturated rings. The lowest BCUT2D eigenvalue weighted by molar-refractivity contribution is -0.142. The van der Waals surface area contributed by atoms with Crippen LogP contribution in [0.2, 0.25) is 0 Å². The van der Waals surface area contributed by atoms with Crippen molar-refractivity contribution < 1.29 is 19.0 Å². The number of hydrogen-bond acceptors (Lipinski definition) is 4. The molecule has 1 saturated heterocycles. The first-order valence-electron chi connectivity index (χ1n) is 4.78. The molecule has 14 heavy (non-hydrogen) atoms. The van der Waals surface area contributed by atoms with Crippen molar-refractivity contribution in [3.8, 4) is 0 Å². The number of alkyl halides is 1. The molecule has 0 aromatic heterocycles. The van der Waals surface area contributed by atoms with Crippen molar-refractivity contribution in [1.29, 1.82) is 0 Å². The summed E-state index contributed by atoms with van der Waals surface area (Å²) in [5.74, 6) is -0.147. The fourth-order valence-corrected chi connectivity index (χ4v) is 1.75. The van der Waals surface area contributed by atoms with Crippen molar-refractivity contribution in [3.05, 3.63) is 0 Å². The van der Waals surface area contributed by atoms with Crippen LogP contribution in [0.3, 0.4) is 0 Å². The van der Waals surface area contributed by atoms with Crippen molar-refractivity contribution in [2.45, 2.75) is 30.0 Å². The number of carbonyl (C=O) groups is 1. The standard InChI is InChI=1S/C9H15IO4/c1-2-12-9(11)7(10)3-4-8-13-5-6-14-8/h7-8H,2-6H2,1H3. The predicted octanol–water partition coefficient (Wildman–Crippen LogP) is 1.51. The smallest absolute Gasteiger partial charge is 0.318 e. The summed E-state index contributed by atoms with van der Waals surface area (Å²) in [6.45, 7) is 3.57. The van der Waals surface area contributed by atoms with E-state index in [1.165, 1.54) is 0 Å². The van der Waals surface area contributed by atoms with Gasteiger partial charge in [0.05, 0.1) is 19.8 Å². The van der Waals surface area contributed by atoms with Crippen LogP contribution in [0.4, 0.5) is 0 Å². The number of ether oxygens (including phenoxy) is 3. The molecule has 1 aliphatic heterocycles. The second-order valence-corrected chi connectivity index (χ2v) is 4.47. The summed E-state index contributed by atoms with van der Waals surface area (Å²) in [6, 6.07) is 0. The minimum absolute atomic E-state index is 0.0969. The molecule has 1 aliphatic rings. The Hall–Kier alpha value is 0.120. The Morgan fingerprint density at radius 1 is 1.57 bits per heavy atom. The van der Waals surface area contributed by atoms with Crippen LogP contribution in [0.15, 0.2) is 0 Å². The van der Waals surface area contributed by atoms with E-state index < -0.39 is 0 Å². The zero-order chi connectivity index (χ0) is 10.4. The number of rotatable bonds is 5. The van der Waals surface area contributed by atoms with Crippen molar-refractivity contribution >= 4 is 28.6 Å². The van der Waals surface area contributed by atoms with Crippen molar-refractivity contribution in [2.24, 2.45) is 0 Å². The second kappa shape index (κ2) is 6.58. The minimum Gasteiger partial charge on any atom is -0.465 e. The highest BCUT2D eigenvalue weighted by Gasteiger charge is 2.21. The van der Waals surface area contributed by atoms with Crippen LogP contribution in [0.1, 0.15) is 19.8 Å². The summed E-state index contributed by atoms with van der Waals surface area (Å²) in [5.41, 5.74) is 0. The maximum atomic E-state index is 11.2. The molecule has 0 saturated carbocycles. The molecule has 4 nitrogen and oxygen atoms in total. The maximum Gasteiger partial charge on any atom is 0.318 e. The van der Waals surface area contributed by atoms with E-state index in [1.807, 2.05) is 6.92 Å². The highest BCUT2D eigenvalue weighted by molar-refractivity contribution is 14.1. The quantitative estimate of drug-likeness (QED) is 0.438. The van der Waals surface area contributed by atoms with Crippen molar-refractivity contribution in [3.63, 3.8) is 0 Å². The normalized spacial score (nSPS) is 19.6. The fourth-order valence-electron chi connectivity index (χ4n) is 1.21. The number of halogens is 1. The average molecular weight is 314 g/mol. The van der Waals surface area contributed by atoms with E-state index in [4.69, 9.17) is 14.2 Å². The Morgan fingerprint density at radius 2 is 2.21 bits per heavy atom. The van der Waals surface area contributed by atoms with Crippen LogP contribution < -0.4 is 0 Å². The summed E-state index contributed by atoms with van der Waals surface area (Å²) >= 11 is 2.09. The summed E-state index contributed by atoms with van der Waals surface area (Å²) in [5, 5.41) is 0. The number of carbonyl (C=O) groups excluding carboxylic acids is 1.